The molecular formula is C15H16N4S. The van der Waals surface area contributed by atoms with Crippen LogP contribution in [0.25, 0.3) is 21.5 Å². The SMILES string of the molecule is CCNC(C)c1nnc(-c2ccc3ncccc3c2)s1. The lowest BCUT2D eigenvalue weighted by molar-refractivity contribution is 0.590. The van der Waals surface area contributed by atoms with Gasteiger partial charge in [-0.2, -0.15) is 0 Å². The molecule has 2 heterocycles. The summed E-state index contributed by atoms with van der Waals surface area (Å²) in [6.07, 6.45) is 1.81. The number of hydrogen-bond acceptors (Lipinski definition) is 5. The normalized spacial score (nSPS) is 12.7. The van der Waals surface area contributed by atoms with E-state index in [1.54, 1.807) is 11.3 Å². The number of nitrogens with one attached hydrogen (secondary N) is 1. The van der Waals surface area contributed by atoms with Crippen molar-refractivity contribution in [3.05, 3.63) is 41.5 Å². The van der Waals surface area contributed by atoms with E-state index in [0.29, 0.717) is 0 Å². The molecule has 1 atom stereocenters. The van der Waals surface area contributed by atoms with E-state index >= 15 is 0 Å². The highest BCUT2D eigenvalue weighted by atomic mass is 32.1. The third kappa shape index (κ3) is 2.55. The van der Waals surface area contributed by atoms with Crippen LogP contribution in [-0.4, -0.2) is 21.7 Å². The number of benzene rings is 1. The molecule has 3 aromatic rings. The Kier molecular flexibility index (Phi) is 3.71. The lowest BCUT2D eigenvalue weighted by Crippen LogP contribution is -2.17. The van der Waals surface area contributed by atoms with Gasteiger partial charge in [-0.05, 0) is 37.7 Å². The molecule has 0 aliphatic heterocycles. The molecule has 0 amide bonds. The molecule has 0 bridgehead atoms. The predicted octanol–water partition coefficient (Wildman–Crippen LogP) is 3.42. The summed E-state index contributed by atoms with van der Waals surface area (Å²) in [5.41, 5.74) is 2.10. The Labute approximate surface area is 121 Å². The summed E-state index contributed by atoms with van der Waals surface area (Å²) in [5, 5.41) is 15.0. The van der Waals surface area contributed by atoms with Crippen LogP contribution in [0.15, 0.2) is 36.5 Å². The molecule has 4 nitrogen and oxygen atoms in total. The summed E-state index contributed by atoms with van der Waals surface area (Å²) in [7, 11) is 0. The number of rotatable bonds is 4. The standard InChI is InChI=1S/C15H16N4S/c1-3-16-10(2)14-18-19-15(20-14)12-6-7-13-11(9-12)5-4-8-17-13/h4-10,16H,3H2,1-2H3. The van der Waals surface area contributed by atoms with Gasteiger partial charge in [-0.15, -0.1) is 10.2 Å². The minimum Gasteiger partial charge on any atom is -0.308 e. The lowest BCUT2D eigenvalue weighted by atomic mass is 10.1. The summed E-state index contributed by atoms with van der Waals surface area (Å²) < 4.78 is 0. The monoisotopic (exact) mass is 284 g/mol. The van der Waals surface area contributed by atoms with E-state index in [9.17, 15) is 0 Å². The van der Waals surface area contributed by atoms with Crippen LogP contribution in [0.4, 0.5) is 0 Å². The maximum Gasteiger partial charge on any atom is 0.147 e. The van der Waals surface area contributed by atoms with E-state index in [1.807, 2.05) is 18.3 Å². The van der Waals surface area contributed by atoms with Crippen molar-refractivity contribution < 1.29 is 0 Å². The Hall–Kier alpha value is -1.85. The van der Waals surface area contributed by atoms with Crippen LogP contribution >= 0.6 is 11.3 Å². The van der Waals surface area contributed by atoms with Gasteiger partial charge < -0.3 is 5.32 Å². The highest BCUT2D eigenvalue weighted by molar-refractivity contribution is 7.14. The van der Waals surface area contributed by atoms with E-state index in [-0.39, 0.29) is 6.04 Å². The Morgan fingerprint density at radius 1 is 1.25 bits per heavy atom. The Morgan fingerprint density at radius 3 is 3.00 bits per heavy atom. The van der Waals surface area contributed by atoms with Crippen LogP contribution in [0.3, 0.4) is 0 Å². The van der Waals surface area contributed by atoms with Crippen molar-refractivity contribution in [3.8, 4) is 10.6 Å². The molecule has 1 aromatic carbocycles. The summed E-state index contributed by atoms with van der Waals surface area (Å²) in [4.78, 5) is 4.33. The lowest BCUT2D eigenvalue weighted by Gasteiger charge is -2.06. The van der Waals surface area contributed by atoms with E-state index in [0.717, 1.165) is 33.0 Å². The van der Waals surface area contributed by atoms with E-state index in [2.05, 4.69) is 52.5 Å². The topological polar surface area (TPSA) is 50.7 Å². The zero-order valence-corrected chi connectivity index (χ0v) is 12.3. The molecule has 0 aliphatic rings. The fourth-order valence-corrected chi connectivity index (χ4v) is 2.99. The van der Waals surface area contributed by atoms with Crippen LogP contribution < -0.4 is 5.32 Å². The molecule has 0 saturated carbocycles. The largest absolute Gasteiger partial charge is 0.308 e. The minimum absolute atomic E-state index is 0.244. The predicted molar refractivity (Wildman–Crippen MR) is 82.7 cm³/mol. The van der Waals surface area contributed by atoms with Crippen molar-refractivity contribution in [1.29, 1.82) is 0 Å². The molecule has 0 radical (unpaired) electrons. The fourth-order valence-electron chi connectivity index (χ4n) is 2.13. The van der Waals surface area contributed by atoms with Crippen molar-refractivity contribution >= 4 is 22.2 Å². The number of hydrogen-bond donors (Lipinski definition) is 1. The molecule has 0 aliphatic carbocycles. The Balaban J connectivity index is 1.94. The van der Waals surface area contributed by atoms with Gasteiger partial charge >= 0.3 is 0 Å². The average Bonchev–Trinajstić information content (AvgIpc) is 2.97. The summed E-state index contributed by atoms with van der Waals surface area (Å²) in [5.74, 6) is 0. The highest BCUT2D eigenvalue weighted by Gasteiger charge is 2.12. The highest BCUT2D eigenvalue weighted by Crippen LogP contribution is 2.28. The summed E-state index contributed by atoms with van der Waals surface area (Å²) >= 11 is 1.64. The summed E-state index contributed by atoms with van der Waals surface area (Å²) in [6.45, 7) is 5.13. The molecule has 3 rings (SSSR count). The molecular weight excluding hydrogens is 268 g/mol. The minimum atomic E-state index is 0.244. The molecule has 0 fully saturated rings. The first-order chi connectivity index (χ1) is 9.78. The van der Waals surface area contributed by atoms with Gasteiger partial charge in [0.05, 0.1) is 11.6 Å². The second kappa shape index (κ2) is 5.64. The molecule has 0 spiro atoms. The quantitative estimate of drug-likeness (QED) is 0.797. The Bertz CT molecular complexity index is 722. The fraction of sp³-hybridized carbons (Fsp3) is 0.267. The number of aromatic nitrogens is 3. The van der Waals surface area contributed by atoms with Crippen molar-refractivity contribution in [3.63, 3.8) is 0 Å². The molecule has 2 aromatic heterocycles. The van der Waals surface area contributed by atoms with Crippen molar-refractivity contribution in [2.24, 2.45) is 0 Å². The van der Waals surface area contributed by atoms with Crippen LogP contribution in [0.5, 0.6) is 0 Å². The van der Waals surface area contributed by atoms with Gasteiger partial charge in [0.25, 0.3) is 0 Å². The number of fused-ring (bicyclic) bond motifs is 1. The first-order valence-corrected chi connectivity index (χ1v) is 7.51. The van der Waals surface area contributed by atoms with Gasteiger partial charge in [0.15, 0.2) is 0 Å². The van der Waals surface area contributed by atoms with Crippen LogP contribution in [0.2, 0.25) is 0 Å². The van der Waals surface area contributed by atoms with Crippen LogP contribution in [0.1, 0.15) is 24.9 Å². The Morgan fingerprint density at radius 2 is 2.15 bits per heavy atom. The summed E-state index contributed by atoms with van der Waals surface area (Å²) in [6, 6.07) is 10.5. The van der Waals surface area contributed by atoms with Crippen molar-refractivity contribution in [2.45, 2.75) is 19.9 Å². The number of nitrogens with zero attached hydrogens (tertiary/aromatic N) is 3. The zero-order chi connectivity index (χ0) is 13.9. The van der Waals surface area contributed by atoms with Gasteiger partial charge in [0.2, 0.25) is 0 Å². The smallest absolute Gasteiger partial charge is 0.147 e. The molecule has 5 heteroatoms. The third-order valence-corrected chi connectivity index (χ3v) is 4.33. The molecule has 1 N–H and O–H groups in total. The molecule has 20 heavy (non-hydrogen) atoms. The van der Waals surface area contributed by atoms with E-state index < -0.39 is 0 Å². The molecule has 0 saturated heterocycles. The van der Waals surface area contributed by atoms with Gasteiger partial charge in [0.1, 0.15) is 10.0 Å². The first kappa shape index (κ1) is 13.1. The van der Waals surface area contributed by atoms with Gasteiger partial charge in [-0.25, -0.2) is 0 Å². The molecule has 102 valence electrons. The number of pyridine rings is 1. The van der Waals surface area contributed by atoms with E-state index in [4.69, 9.17) is 0 Å². The van der Waals surface area contributed by atoms with Crippen LogP contribution in [-0.2, 0) is 0 Å². The maximum atomic E-state index is 4.33. The van der Waals surface area contributed by atoms with Gasteiger partial charge in [0, 0.05) is 17.1 Å². The van der Waals surface area contributed by atoms with Crippen molar-refractivity contribution in [1.82, 2.24) is 20.5 Å². The van der Waals surface area contributed by atoms with E-state index in [1.165, 1.54) is 0 Å². The average molecular weight is 284 g/mol. The first-order valence-electron chi connectivity index (χ1n) is 6.70. The third-order valence-electron chi connectivity index (χ3n) is 3.17. The zero-order valence-electron chi connectivity index (χ0n) is 11.5. The van der Waals surface area contributed by atoms with Gasteiger partial charge in [-0.3, -0.25) is 4.98 Å². The van der Waals surface area contributed by atoms with Crippen LogP contribution in [0, 0.1) is 0 Å². The van der Waals surface area contributed by atoms with Crippen molar-refractivity contribution in [2.75, 3.05) is 6.54 Å². The maximum absolute atomic E-state index is 4.33. The molecule has 1 unspecified atom stereocenters. The second-order valence-electron chi connectivity index (χ2n) is 4.64. The van der Waals surface area contributed by atoms with Gasteiger partial charge in [-0.1, -0.05) is 24.3 Å². The second-order valence-corrected chi connectivity index (χ2v) is 5.64.